The van der Waals surface area contributed by atoms with Gasteiger partial charge in [0, 0.05) is 24.3 Å². The van der Waals surface area contributed by atoms with Crippen molar-refractivity contribution >= 4 is 0 Å². The lowest BCUT2D eigenvalue weighted by molar-refractivity contribution is 0.385. The summed E-state index contributed by atoms with van der Waals surface area (Å²) in [5, 5.41) is 8.00. The average Bonchev–Trinajstić information content (AvgIpc) is 2.81. The maximum Gasteiger partial charge on any atom is 0.0537 e. The lowest BCUT2D eigenvalue weighted by atomic mass is 9.94. The SMILES string of the molecule is CCn1cc(C(NC)C2C3C4CCC(C4)C32)cn1. The van der Waals surface area contributed by atoms with E-state index in [1.165, 1.54) is 24.8 Å². The van der Waals surface area contributed by atoms with Gasteiger partial charge in [-0.25, -0.2) is 0 Å². The third kappa shape index (κ3) is 1.37. The van der Waals surface area contributed by atoms with E-state index in [4.69, 9.17) is 0 Å². The van der Waals surface area contributed by atoms with E-state index in [0.717, 1.165) is 36.1 Å². The average molecular weight is 245 g/mol. The molecule has 3 aliphatic rings. The van der Waals surface area contributed by atoms with Gasteiger partial charge < -0.3 is 5.32 Å². The summed E-state index contributed by atoms with van der Waals surface area (Å²) in [4.78, 5) is 0. The standard InChI is InChI=1S/C15H23N3/c1-3-18-8-11(7-17-18)15(16-2)14-12-9-4-5-10(6-9)13(12)14/h7-10,12-16H,3-6H2,1-2H3. The number of hydrogen-bond acceptors (Lipinski definition) is 2. The maximum absolute atomic E-state index is 4.44. The Labute approximate surface area is 109 Å². The number of nitrogens with zero attached hydrogens (tertiary/aromatic N) is 2. The molecule has 5 atom stereocenters. The zero-order valence-electron chi connectivity index (χ0n) is 11.3. The van der Waals surface area contributed by atoms with E-state index in [1.54, 1.807) is 0 Å². The lowest BCUT2D eigenvalue weighted by Crippen LogP contribution is -2.21. The Bertz CT molecular complexity index is 436. The van der Waals surface area contributed by atoms with E-state index in [2.05, 4.69) is 36.8 Å². The molecule has 0 amide bonds. The molecular weight excluding hydrogens is 222 g/mol. The molecule has 0 aliphatic heterocycles. The molecule has 0 aromatic carbocycles. The number of fused-ring (bicyclic) bond motifs is 5. The summed E-state index contributed by atoms with van der Waals surface area (Å²) in [5.74, 6) is 5.08. The van der Waals surface area contributed by atoms with Crippen molar-refractivity contribution in [3.63, 3.8) is 0 Å². The van der Waals surface area contributed by atoms with E-state index in [9.17, 15) is 0 Å². The third-order valence-electron chi connectivity index (χ3n) is 5.83. The van der Waals surface area contributed by atoms with Gasteiger partial charge in [-0.05, 0) is 62.8 Å². The van der Waals surface area contributed by atoms with Crippen LogP contribution in [0.3, 0.4) is 0 Å². The Morgan fingerprint density at radius 3 is 2.67 bits per heavy atom. The minimum Gasteiger partial charge on any atom is -0.313 e. The Morgan fingerprint density at radius 1 is 1.39 bits per heavy atom. The van der Waals surface area contributed by atoms with Gasteiger partial charge in [0.1, 0.15) is 0 Å². The van der Waals surface area contributed by atoms with E-state index >= 15 is 0 Å². The van der Waals surface area contributed by atoms with Gasteiger partial charge in [0.25, 0.3) is 0 Å². The van der Waals surface area contributed by atoms with E-state index in [1.807, 2.05) is 4.68 Å². The second-order valence-corrected chi connectivity index (χ2v) is 6.46. The first-order chi connectivity index (χ1) is 8.83. The largest absolute Gasteiger partial charge is 0.313 e. The van der Waals surface area contributed by atoms with Crippen molar-refractivity contribution < 1.29 is 0 Å². The molecule has 3 saturated carbocycles. The summed E-state index contributed by atoms with van der Waals surface area (Å²) in [5.41, 5.74) is 1.40. The van der Waals surface area contributed by atoms with Crippen molar-refractivity contribution in [3.8, 4) is 0 Å². The van der Waals surface area contributed by atoms with Gasteiger partial charge >= 0.3 is 0 Å². The molecule has 3 nitrogen and oxygen atoms in total. The van der Waals surface area contributed by atoms with Gasteiger partial charge in [0.2, 0.25) is 0 Å². The molecule has 18 heavy (non-hydrogen) atoms. The quantitative estimate of drug-likeness (QED) is 0.883. The van der Waals surface area contributed by atoms with Crippen LogP contribution < -0.4 is 5.32 Å². The predicted molar refractivity (Wildman–Crippen MR) is 71.0 cm³/mol. The molecule has 4 rings (SSSR count). The molecule has 1 N–H and O–H groups in total. The fourth-order valence-corrected chi connectivity index (χ4v) is 5.13. The molecule has 5 unspecified atom stereocenters. The minimum absolute atomic E-state index is 0.545. The van der Waals surface area contributed by atoms with Gasteiger partial charge in [-0.2, -0.15) is 5.10 Å². The number of rotatable bonds is 4. The first kappa shape index (κ1) is 11.0. The maximum atomic E-state index is 4.44. The number of nitrogens with one attached hydrogen (secondary N) is 1. The zero-order valence-corrected chi connectivity index (χ0v) is 11.3. The minimum atomic E-state index is 0.545. The van der Waals surface area contributed by atoms with Gasteiger partial charge in [-0.15, -0.1) is 0 Å². The molecule has 3 aliphatic carbocycles. The smallest absolute Gasteiger partial charge is 0.0537 e. The molecular formula is C15H23N3. The molecule has 98 valence electrons. The molecule has 3 fully saturated rings. The van der Waals surface area contributed by atoms with Crippen molar-refractivity contribution in [1.29, 1.82) is 0 Å². The highest BCUT2D eigenvalue weighted by Gasteiger charge is 2.66. The molecule has 1 heterocycles. The highest BCUT2D eigenvalue weighted by Crippen LogP contribution is 2.72. The molecule has 1 aromatic heterocycles. The fraction of sp³-hybridized carbons (Fsp3) is 0.800. The fourth-order valence-electron chi connectivity index (χ4n) is 5.13. The molecule has 3 heteroatoms. The van der Waals surface area contributed by atoms with Crippen LogP contribution in [0.15, 0.2) is 12.4 Å². The molecule has 0 saturated heterocycles. The van der Waals surface area contributed by atoms with E-state index in [-0.39, 0.29) is 0 Å². The lowest BCUT2D eigenvalue weighted by Gasteiger charge is -2.18. The molecule has 1 aromatic rings. The van der Waals surface area contributed by atoms with Crippen LogP contribution in [0.2, 0.25) is 0 Å². The van der Waals surface area contributed by atoms with Crippen LogP contribution in [-0.4, -0.2) is 16.8 Å². The Morgan fingerprint density at radius 2 is 2.11 bits per heavy atom. The van der Waals surface area contributed by atoms with Crippen LogP contribution in [0, 0.1) is 29.6 Å². The second kappa shape index (κ2) is 3.83. The summed E-state index contributed by atoms with van der Waals surface area (Å²) in [6.07, 6.45) is 8.86. The summed E-state index contributed by atoms with van der Waals surface area (Å²) >= 11 is 0. The molecule has 0 spiro atoms. The van der Waals surface area contributed by atoms with Crippen LogP contribution in [0.5, 0.6) is 0 Å². The van der Waals surface area contributed by atoms with E-state index < -0.39 is 0 Å². The molecule has 0 radical (unpaired) electrons. The highest BCUT2D eigenvalue weighted by molar-refractivity contribution is 5.22. The van der Waals surface area contributed by atoms with Gasteiger partial charge in [0.15, 0.2) is 0 Å². The monoisotopic (exact) mass is 245 g/mol. The highest BCUT2D eigenvalue weighted by atomic mass is 15.3. The first-order valence-corrected chi connectivity index (χ1v) is 7.53. The Kier molecular flexibility index (Phi) is 2.35. The Hall–Kier alpha value is -0.830. The third-order valence-corrected chi connectivity index (χ3v) is 5.83. The molecule has 2 bridgehead atoms. The Balaban J connectivity index is 1.56. The van der Waals surface area contributed by atoms with Crippen LogP contribution >= 0.6 is 0 Å². The number of aromatic nitrogens is 2. The number of hydrogen-bond donors (Lipinski definition) is 1. The number of aryl methyl sites for hydroxylation is 1. The van der Waals surface area contributed by atoms with Gasteiger partial charge in [-0.1, -0.05) is 0 Å². The van der Waals surface area contributed by atoms with Crippen molar-refractivity contribution in [3.05, 3.63) is 18.0 Å². The first-order valence-electron chi connectivity index (χ1n) is 7.53. The summed E-state index contributed by atoms with van der Waals surface area (Å²) < 4.78 is 2.05. The van der Waals surface area contributed by atoms with Crippen LogP contribution in [-0.2, 0) is 6.54 Å². The summed E-state index contributed by atoms with van der Waals surface area (Å²) in [7, 11) is 2.11. The summed E-state index contributed by atoms with van der Waals surface area (Å²) in [6, 6.07) is 0.545. The second-order valence-electron chi connectivity index (χ2n) is 6.46. The normalized spacial score (nSPS) is 42.0. The topological polar surface area (TPSA) is 29.9 Å². The van der Waals surface area contributed by atoms with E-state index in [0.29, 0.717) is 6.04 Å². The summed E-state index contributed by atoms with van der Waals surface area (Å²) in [6.45, 7) is 3.12. The van der Waals surface area contributed by atoms with Gasteiger partial charge in [-0.3, -0.25) is 4.68 Å². The van der Waals surface area contributed by atoms with Crippen LogP contribution in [0.25, 0.3) is 0 Å². The van der Waals surface area contributed by atoms with Crippen molar-refractivity contribution in [2.24, 2.45) is 29.6 Å². The van der Waals surface area contributed by atoms with Gasteiger partial charge in [0.05, 0.1) is 6.20 Å². The zero-order chi connectivity index (χ0) is 12.3. The van der Waals surface area contributed by atoms with Crippen molar-refractivity contribution in [2.45, 2.75) is 38.8 Å². The predicted octanol–water partition coefficient (Wildman–Crippen LogP) is 2.46. The van der Waals surface area contributed by atoms with Crippen molar-refractivity contribution in [2.75, 3.05) is 7.05 Å². The van der Waals surface area contributed by atoms with Crippen LogP contribution in [0.1, 0.15) is 37.8 Å². The van der Waals surface area contributed by atoms with Crippen molar-refractivity contribution in [1.82, 2.24) is 15.1 Å². The van der Waals surface area contributed by atoms with Crippen LogP contribution in [0.4, 0.5) is 0 Å².